The summed E-state index contributed by atoms with van der Waals surface area (Å²) in [5.74, 6) is 0.636. The molecule has 36 heavy (non-hydrogen) atoms. The molecule has 0 radical (unpaired) electrons. The summed E-state index contributed by atoms with van der Waals surface area (Å²) in [5.41, 5.74) is 3.13. The molecule has 5 nitrogen and oxygen atoms in total. The fourth-order valence-corrected chi connectivity index (χ4v) is 4.80. The van der Waals surface area contributed by atoms with Gasteiger partial charge in [-0.25, -0.2) is 4.85 Å². The molecule has 1 heterocycles. The lowest BCUT2D eigenvalue weighted by Gasteiger charge is -2.43. The summed E-state index contributed by atoms with van der Waals surface area (Å²) in [5, 5.41) is 11.3. The average molecular weight is 524 g/mol. The maximum Gasteiger partial charge on any atom is 0.187 e. The molecule has 0 bridgehead atoms. The van der Waals surface area contributed by atoms with E-state index >= 15 is 0 Å². The number of ether oxygens (including phenoxy) is 1. The van der Waals surface area contributed by atoms with Crippen LogP contribution in [0, 0.1) is 6.57 Å². The van der Waals surface area contributed by atoms with Gasteiger partial charge < -0.3 is 14.7 Å². The minimum atomic E-state index is -0.917. The number of aliphatic hydroxyl groups is 1. The molecule has 0 saturated carbocycles. The van der Waals surface area contributed by atoms with Crippen molar-refractivity contribution in [1.29, 1.82) is 0 Å². The first-order valence-electron chi connectivity index (χ1n) is 12.1. The summed E-state index contributed by atoms with van der Waals surface area (Å²) in [6, 6.07) is 21.7. The Morgan fingerprint density at radius 1 is 1.03 bits per heavy atom. The molecule has 0 spiro atoms. The first-order valence-corrected chi connectivity index (χ1v) is 12.8. The van der Waals surface area contributed by atoms with Gasteiger partial charge in [0.1, 0.15) is 12.4 Å². The molecule has 1 fully saturated rings. The van der Waals surface area contributed by atoms with Gasteiger partial charge in [-0.2, -0.15) is 0 Å². The lowest BCUT2D eigenvalue weighted by Crippen LogP contribution is -2.49. The molecule has 0 aromatic heterocycles. The van der Waals surface area contributed by atoms with Gasteiger partial charge in [0.15, 0.2) is 5.69 Å². The van der Waals surface area contributed by atoms with E-state index in [1.165, 1.54) is 11.1 Å². The number of benzene rings is 3. The van der Waals surface area contributed by atoms with Gasteiger partial charge >= 0.3 is 0 Å². The van der Waals surface area contributed by atoms with Gasteiger partial charge in [-0.1, -0.05) is 59.6 Å². The summed E-state index contributed by atoms with van der Waals surface area (Å²) >= 11 is 12.9. The normalized spacial score (nSPS) is 16.6. The van der Waals surface area contributed by atoms with E-state index in [0.29, 0.717) is 21.5 Å². The first-order chi connectivity index (χ1) is 17.2. The zero-order valence-corrected chi connectivity index (χ0v) is 22.1. The number of rotatable bonds is 8. The van der Waals surface area contributed by atoms with Crippen LogP contribution in [0.25, 0.3) is 4.85 Å². The summed E-state index contributed by atoms with van der Waals surface area (Å²) in [7, 11) is 0. The van der Waals surface area contributed by atoms with Crippen molar-refractivity contribution in [2.45, 2.75) is 31.9 Å². The minimum absolute atomic E-state index is 0.112. The Hall–Kier alpha value is -2.75. The summed E-state index contributed by atoms with van der Waals surface area (Å²) < 4.78 is 5.73. The third kappa shape index (κ3) is 6.93. The van der Waals surface area contributed by atoms with Crippen molar-refractivity contribution >= 4 is 34.6 Å². The van der Waals surface area contributed by atoms with Crippen LogP contribution in [0.5, 0.6) is 5.75 Å². The van der Waals surface area contributed by atoms with E-state index in [-0.39, 0.29) is 12.6 Å². The van der Waals surface area contributed by atoms with Gasteiger partial charge in [-0.15, -0.1) is 0 Å². The van der Waals surface area contributed by atoms with Crippen molar-refractivity contribution in [3.63, 3.8) is 0 Å². The van der Waals surface area contributed by atoms with Crippen LogP contribution < -0.4 is 9.64 Å². The zero-order chi connectivity index (χ0) is 25.7. The van der Waals surface area contributed by atoms with Gasteiger partial charge in [0.25, 0.3) is 0 Å². The predicted octanol–water partition coefficient (Wildman–Crippen LogP) is 6.80. The number of anilines is 1. The van der Waals surface area contributed by atoms with E-state index in [9.17, 15) is 5.11 Å². The Kier molecular flexibility index (Phi) is 8.43. The second-order valence-corrected chi connectivity index (χ2v) is 10.6. The molecule has 0 amide bonds. The van der Waals surface area contributed by atoms with Gasteiger partial charge in [-0.05, 0) is 55.7 Å². The highest BCUT2D eigenvalue weighted by atomic mass is 35.5. The molecule has 4 rings (SSSR count). The largest absolute Gasteiger partial charge is 0.491 e. The molecule has 3 aromatic rings. The summed E-state index contributed by atoms with van der Waals surface area (Å²) in [6.07, 6.45) is 0.930. The highest BCUT2D eigenvalue weighted by Crippen LogP contribution is 2.37. The predicted molar refractivity (Wildman–Crippen MR) is 148 cm³/mol. The van der Waals surface area contributed by atoms with Crippen LogP contribution in [0.1, 0.15) is 31.0 Å². The third-order valence-corrected chi connectivity index (χ3v) is 6.88. The maximum absolute atomic E-state index is 9.96. The van der Waals surface area contributed by atoms with Crippen LogP contribution in [0.15, 0.2) is 66.7 Å². The fourth-order valence-electron chi connectivity index (χ4n) is 4.40. The van der Waals surface area contributed by atoms with E-state index < -0.39 is 5.60 Å². The third-order valence-electron chi connectivity index (χ3n) is 6.32. The van der Waals surface area contributed by atoms with Crippen molar-refractivity contribution in [3.05, 3.63) is 99.3 Å². The number of halogens is 2. The Balaban J connectivity index is 1.51. The Bertz CT molecular complexity index is 1200. The minimum Gasteiger partial charge on any atom is -0.491 e. The molecule has 0 aliphatic carbocycles. The van der Waals surface area contributed by atoms with Crippen LogP contribution in [-0.4, -0.2) is 48.4 Å². The molecular formula is C29H31Cl2N3O2. The second kappa shape index (κ2) is 11.5. The molecule has 1 saturated heterocycles. The number of piperazine rings is 1. The van der Waals surface area contributed by atoms with Gasteiger partial charge in [0.2, 0.25) is 0 Å². The molecule has 1 N–H and O–H groups in total. The monoisotopic (exact) mass is 523 g/mol. The highest BCUT2D eigenvalue weighted by molar-refractivity contribution is 6.33. The fraction of sp³-hybridized carbons (Fsp3) is 0.345. The topological polar surface area (TPSA) is 40.3 Å². The van der Waals surface area contributed by atoms with Crippen molar-refractivity contribution in [1.82, 2.24) is 4.90 Å². The van der Waals surface area contributed by atoms with Crippen LogP contribution in [-0.2, 0) is 6.42 Å². The van der Waals surface area contributed by atoms with Crippen molar-refractivity contribution < 1.29 is 9.84 Å². The van der Waals surface area contributed by atoms with Crippen molar-refractivity contribution in [3.8, 4) is 5.75 Å². The summed E-state index contributed by atoms with van der Waals surface area (Å²) in [4.78, 5) is 8.31. The lowest BCUT2D eigenvalue weighted by atomic mass is 10.0. The Morgan fingerprint density at radius 3 is 2.39 bits per heavy atom. The van der Waals surface area contributed by atoms with E-state index in [1.54, 1.807) is 13.8 Å². The van der Waals surface area contributed by atoms with E-state index in [1.807, 2.05) is 54.6 Å². The van der Waals surface area contributed by atoms with Crippen molar-refractivity contribution in [2.75, 3.05) is 37.7 Å². The van der Waals surface area contributed by atoms with E-state index in [2.05, 4.69) is 26.8 Å². The standard InChI is InChI=1S/C29H31Cl2N3O2/c1-29(2,35)20-36-25-12-13-27(26(31)18-25)34-17-16-33(15-14-21-4-10-24(32-3)11-5-21)19-28(34)22-6-8-23(30)9-7-22/h4-13,18,28,35H,14-17,19-20H2,1-2H3/t28-/m0/s1. The SMILES string of the molecule is [C-]#[N+]c1ccc(CCN2CCN(c3ccc(OCC(C)(C)O)cc3Cl)[C@H](c3ccc(Cl)cc3)C2)cc1. The van der Waals surface area contributed by atoms with Crippen LogP contribution in [0.4, 0.5) is 11.4 Å². The first kappa shape index (κ1) is 26.3. The van der Waals surface area contributed by atoms with Gasteiger partial charge in [0, 0.05) is 37.3 Å². The second-order valence-electron chi connectivity index (χ2n) is 9.80. The van der Waals surface area contributed by atoms with Crippen LogP contribution >= 0.6 is 23.2 Å². The van der Waals surface area contributed by atoms with Crippen LogP contribution in [0.2, 0.25) is 10.0 Å². The maximum atomic E-state index is 9.96. The Labute approximate surface area is 223 Å². The number of hydrogen-bond acceptors (Lipinski definition) is 4. The molecule has 7 heteroatoms. The van der Waals surface area contributed by atoms with Gasteiger partial charge in [-0.3, -0.25) is 4.90 Å². The lowest BCUT2D eigenvalue weighted by molar-refractivity contribution is 0.0285. The van der Waals surface area contributed by atoms with E-state index in [0.717, 1.165) is 38.3 Å². The van der Waals surface area contributed by atoms with E-state index in [4.69, 9.17) is 34.5 Å². The average Bonchev–Trinajstić information content (AvgIpc) is 2.87. The molecule has 1 aliphatic rings. The zero-order valence-electron chi connectivity index (χ0n) is 20.6. The molecule has 3 aromatic carbocycles. The molecule has 188 valence electrons. The molecule has 1 aliphatic heterocycles. The van der Waals surface area contributed by atoms with Crippen LogP contribution in [0.3, 0.4) is 0 Å². The quantitative estimate of drug-likeness (QED) is 0.329. The molecule has 1 atom stereocenters. The molecule has 0 unspecified atom stereocenters. The van der Waals surface area contributed by atoms with Gasteiger partial charge in [0.05, 0.1) is 28.9 Å². The highest BCUT2D eigenvalue weighted by Gasteiger charge is 2.30. The molecular weight excluding hydrogens is 493 g/mol. The van der Waals surface area contributed by atoms with Crippen molar-refractivity contribution in [2.24, 2.45) is 0 Å². The Morgan fingerprint density at radius 2 is 1.75 bits per heavy atom. The number of nitrogens with zero attached hydrogens (tertiary/aromatic N) is 3. The number of hydrogen-bond donors (Lipinski definition) is 1. The summed E-state index contributed by atoms with van der Waals surface area (Å²) in [6.45, 7) is 14.3. The smallest absolute Gasteiger partial charge is 0.187 e.